The molecule has 2 aliphatic rings. The Morgan fingerprint density at radius 1 is 1.50 bits per heavy atom. The topological polar surface area (TPSA) is 45.3 Å². The Labute approximate surface area is 107 Å². The molecule has 98 valence electrons. The molecule has 0 radical (unpaired) electrons. The number of rotatable bonds is 2. The Morgan fingerprint density at radius 3 is 3.00 bits per heavy atom. The molecule has 2 aliphatic heterocycles. The molecule has 0 amide bonds. The third-order valence-electron chi connectivity index (χ3n) is 4.75. The Morgan fingerprint density at radius 2 is 2.33 bits per heavy atom. The van der Waals surface area contributed by atoms with E-state index < -0.39 is 0 Å². The van der Waals surface area contributed by atoms with Crippen molar-refractivity contribution in [2.45, 2.75) is 37.3 Å². The number of aromatic nitrogens is 1. The van der Waals surface area contributed by atoms with Crippen molar-refractivity contribution in [3.63, 3.8) is 0 Å². The first-order valence-corrected chi connectivity index (χ1v) is 6.65. The molecule has 0 spiro atoms. The van der Waals surface area contributed by atoms with Gasteiger partial charge in [-0.3, -0.25) is 9.69 Å². The molecule has 3 heterocycles. The fourth-order valence-electron chi connectivity index (χ4n) is 3.84. The molecular weight excluding hydrogens is 228 g/mol. The number of carbonyl (C=O) groups is 1. The number of piperidine rings is 1. The van der Waals surface area contributed by atoms with E-state index in [1.807, 2.05) is 12.3 Å². The first kappa shape index (κ1) is 11.8. The maximum absolute atomic E-state index is 12.0. The number of esters is 1. The van der Waals surface area contributed by atoms with Gasteiger partial charge in [0.05, 0.1) is 13.0 Å². The van der Waals surface area contributed by atoms with Crippen LogP contribution in [0.15, 0.2) is 18.3 Å². The van der Waals surface area contributed by atoms with Crippen LogP contribution in [0.1, 0.15) is 30.9 Å². The van der Waals surface area contributed by atoms with E-state index in [1.165, 1.54) is 25.6 Å². The van der Waals surface area contributed by atoms with Crippen molar-refractivity contribution in [3.8, 4) is 0 Å². The Bertz CT molecular complexity index is 429. The summed E-state index contributed by atoms with van der Waals surface area (Å²) in [5.74, 6) is 0.193. The number of hydrogen-bond donors (Lipinski definition) is 1. The highest BCUT2D eigenvalue weighted by Crippen LogP contribution is 2.46. The molecule has 0 aromatic carbocycles. The molecule has 0 aliphatic carbocycles. The molecule has 2 bridgehead atoms. The monoisotopic (exact) mass is 248 g/mol. The lowest BCUT2D eigenvalue weighted by Gasteiger charge is -2.41. The minimum Gasteiger partial charge on any atom is -0.469 e. The summed E-state index contributed by atoms with van der Waals surface area (Å²) in [7, 11) is 3.68. The zero-order valence-electron chi connectivity index (χ0n) is 10.9. The molecule has 1 aromatic rings. The molecule has 0 saturated carbocycles. The van der Waals surface area contributed by atoms with Gasteiger partial charge in [0.2, 0.25) is 0 Å². The molecule has 1 N–H and O–H groups in total. The van der Waals surface area contributed by atoms with Crippen molar-refractivity contribution >= 4 is 5.97 Å². The van der Waals surface area contributed by atoms with E-state index in [2.05, 4.69) is 23.0 Å². The average molecular weight is 248 g/mol. The average Bonchev–Trinajstić information content (AvgIpc) is 2.97. The number of hydrogen-bond acceptors (Lipinski definition) is 3. The zero-order valence-corrected chi connectivity index (χ0v) is 10.9. The Balaban J connectivity index is 1.96. The highest BCUT2D eigenvalue weighted by molar-refractivity contribution is 5.74. The highest BCUT2D eigenvalue weighted by atomic mass is 16.5. The van der Waals surface area contributed by atoms with Gasteiger partial charge in [-0.1, -0.05) is 0 Å². The molecule has 4 heteroatoms. The summed E-state index contributed by atoms with van der Waals surface area (Å²) in [5.41, 5.74) is 1.17. The summed E-state index contributed by atoms with van der Waals surface area (Å²) in [4.78, 5) is 17.8. The summed E-state index contributed by atoms with van der Waals surface area (Å²) in [6.45, 7) is 0. The van der Waals surface area contributed by atoms with Crippen LogP contribution in [-0.4, -0.2) is 42.1 Å². The van der Waals surface area contributed by atoms with Gasteiger partial charge in [0.1, 0.15) is 0 Å². The van der Waals surface area contributed by atoms with Gasteiger partial charge in [-0.25, -0.2) is 0 Å². The van der Waals surface area contributed by atoms with E-state index in [0.29, 0.717) is 12.1 Å². The van der Waals surface area contributed by atoms with Crippen LogP contribution in [0.25, 0.3) is 0 Å². The number of fused-ring (bicyclic) bond motifs is 2. The summed E-state index contributed by atoms with van der Waals surface area (Å²) < 4.78 is 5.01. The molecule has 2 fully saturated rings. The van der Waals surface area contributed by atoms with Crippen molar-refractivity contribution < 1.29 is 9.53 Å². The van der Waals surface area contributed by atoms with E-state index in [9.17, 15) is 4.79 Å². The quantitative estimate of drug-likeness (QED) is 0.811. The third-order valence-corrected chi connectivity index (χ3v) is 4.75. The SMILES string of the molecule is COC(=O)[C@H]1C[C@@H]2CC[C@H]([C@H]1c1ccc[nH]1)N2C. The van der Waals surface area contributed by atoms with Crippen molar-refractivity contribution in [3.05, 3.63) is 24.0 Å². The third kappa shape index (κ3) is 1.67. The zero-order chi connectivity index (χ0) is 12.7. The second-order valence-corrected chi connectivity index (χ2v) is 5.48. The molecular formula is C14H20N2O2. The second kappa shape index (κ2) is 4.43. The van der Waals surface area contributed by atoms with Gasteiger partial charge < -0.3 is 9.72 Å². The van der Waals surface area contributed by atoms with Crippen LogP contribution >= 0.6 is 0 Å². The maximum Gasteiger partial charge on any atom is 0.309 e. The number of nitrogens with one attached hydrogen (secondary N) is 1. The molecule has 2 saturated heterocycles. The lowest BCUT2D eigenvalue weighted by atomic mass is 9.78. The Hall–Kier alpha value is -1.29. The highest BCUT2D eigenvalue weighted by Gasteiger charge is 2.49. The van der Waals surface area contributed by atoms with Gasteiger partial charge in [-0.2, -0.15) is 0 Å². The smallest absolute Gasteiger partial charge is 0.309 e. The van der Waals surface area contributed by atoms with E-state index >= 15 is 0 Å². The van der Waals surface area contributed by atoms with Gasteiger partial charge in [0.15, 0.2) is 0 Å². The van der Waals surface area contributed by atoms with E-state index in [0.717, 1.165) is 6.42 Å². The molecule has 18 heavy (non-hydrogen) atoms. The second-order valence-electron chi connectivity index (χ2n) is 5.48. The Kier molecular flexibility index (Phi) is 2.90. The lowest BCUT2D eigenvalue weighted by Crippen LogP contribution is -2.47. The normalized spacial score (nSPS) is 35.7. The summed E-state index contributed by atoms with van der Waals surface area (Å²) >= 11 is 0. The van der Waals surface area contributed by atoms with E-state index in [-0.39, 0.29) is 17.8 Å². The van der Waals surface area contributed by atoms with Gasteiger partial charge in [0, 0.05) is 29.9 Å². The van der Waals surface area contributed by atoms with Crippen LogP contribution in [0.2, 0.25) is 0 Å². The van der Waals surface area contributed by atoms with Crippen molar-refractivity contribution in [2.24, 2.45) is 5.92 Å². The van der Waals surface area contributed by atoms with Crippen LogP contribution in [0.3, 0.4) is 0 Å². The first-order valence-electron chi connectivity index (χ1n) is 6.65. The number of H-pyrrole nitrogens is 1. The number of likely N-dealkylation sites (N-methyl/N-ethyl adjacent to an activating group) is 1. The standard InChI is InChI=1S/C14H20N2O2/c1-16-9-5-6-12(16)13(11-4-3-7-15-11)10(8-9)14(17)18-2/h3-4,7,9-10,12-13,15H,5-6,8H2,1-2H3/t9-,10-,12+,13+/m0/s1. The van der Waals surface area contributed by atoms with Gasteiger partial charge in [-0.15, -0.1) is 0 Å². The van der Waals surface area contributed by atoms with Crippen LogP contribution in [0.5, 0.6) is 0 Å². The fourth-order valence-corrected chi connectivity index (χ4v) is 3.84. The molecule has 4 atom stereocenters. The molecule has 3 rings (SSSR count). The number of nitrogens with zero attached hydrogens (tertiary/aromatic N) is 1. The first-order chi connectivity index (χ1) is 8.72. The van der Waals surface area contributed by atoms with Crippen LogP contribution in [0.4, 0.5) is 0 Å². The summed E-state index contributed by atoms with van der Waals surface area (Å²) in [6.07, 6.45) is 5.23. The van der Waals surface area contributed by atoms with Gasteiger partial charge in [-0.05, 0) is 38.4 Å². The summed E-state index contributed by atoms with van der Waals surface area (Å²) in [5, 5.41) is 0. The number of ether oxygens (including phenoxy) is 1. The number of aromatic amines is 1. The fraction of sp³-hybridized carbons (Fsp3) is 0.643. The molecule has 1 aromatic heterocycles. The van der Waals surface area contributed by atoms with Crippen LogP contribution in [-0.2, 0) is 9.53 Å². The number of carbonyl (C=O) groups excluding carboxylic acids is 1. The maximum atomic E-state index is 12.0. The van der Waals surface area contributed by atoms with Gasteiger partial charge in [0.25, 0.3) is 0 Å². The van der Waals surface area contributed by atoms with Crippen molar-refractivity contribution in [2.75, 3.05) is 14.2 Å². The van der Waals surface area contributed by atoms with E-state index in [4.69, 9.17) is 4.74 Å². The van der Waals surface area contributed by atoms with E-state index in [1.54, 1.807) is 0 Å². The van der Waals surface area contributed by atoms with Crippen LogP contribution in [0, 0.1) is 5.92 Å². The predicted molar refractivity (Wildman–Crippen MR) is 68.2 cm³/mol. The number of methoxy groups -OCH3 is 1. The van der Waals surface area contributed by atoms with Crippen molar-refractivity contribution in [1.29, 1.82) is 0 Å². The van der Waals surface area contributed by atoms with Crippen LogP contribution < -0.4 is 0 Å². The largest absolute Gasteiger partial charge is 0.469 e. The minimum absolute atomic E-state index is 0.00218. The molecule has 4 nitrogen and oxygen atoms in total. The predicted octanol–water partition coefficient (Wildman–Crippen LogP) is 1.75. The molecule has 0 unspecified atom stereocenters. The van der Waals surface area contributed by atoms with Crippen molar-refractivity contribution in [1.82, 2.24) is 9.88 Å². The van der Waals surface area contributed by atoms with Gasteiger partial charge >= 0.3 is 5.97 Å². The lowest BCUT2D eigenvalue weighted by molar-refractivity contribution is -0.149. The summed E-state index contributed by atoms with van der Waals surface area (Å²) in [6, 6.07) is 5.11. The minimum atomic E-state index is -0.0559.